The second-order valence-corrected chi connectivity index (χ2v) is 6.54. The molecule has 0 radical (unpaired) electrons. The normalized spacial score (nSPS) is 11.1. The molecule has 7 heteroatoms. The summed E-state index contributed by atoms with van der Waals surface area (Å²) in [7, 11) is 0. The van der Waals surface area contributed by atoms with Crippen LogP contribution in [0.15, 0.2) is 63.9 Å². The summed E-state index contributed by atoms with van der Waals surface area (Å²) < 4.78 is 2.89. The zero-order valence-electron chi connectivity index (χ0n) is 13.1. The predicted octanol–water partition coefficient (Wildman–Crippen LogP) is 3.04. The number of hydrogen-bond donors (Lipinski definition) is 2. The summed E-state index contributed by atoms with van der Waals surface area (Å²) in [6.45, 7) is 0. The van der Waals surface area contributed by atoms with E-state index in [9.17, 15) is 4.79 Å². The second kappa shape index (κ2) is 6.18. The van der Waals surface area contributed by atoms with E-state index in [1.807, 2.05) is 59.2 Å². The molecule has 0 saturated carbocycles. The number of rotatable bonds is 3. The molecule has 0 unspecified atom stereocenters. The van der Waals surface area contributed by atoms with Crippen molar-refractivity contribution in [2.75, 3.05) is 5.73 Å². The molecule has 25 heavy (non-hydrogen) atoms. The highest BCUT2D eigenvalue weighted by atomic mass is 79.9. The van der Waals surface area contributed by atoms with Crippen molar-refractivity contribution in [3.8, 4) is 5.69 Å². The second-order valence-electron chi connectivity index (χ2n) is 5.63. The number of nitrogen functional groups attached to an aromatic ring is 1. The van der Waals surface area contributed by atoms with Gasteiger partial charge in [-0.05, 0) is 29.8 Å². The first kappa shape index (κ1) is 15.6. The Morgan fingerprint density at radius 2 is 1.76 bits per heavy atom. The van der Waals surface area contributed by atoms with E-state index in [-0.39, 0.29) is 17.0 Å². The van der Waals surface area contributed by atoms with Gasteiger partial charge in [-0.25, -0.2) is 4.98 Å². The van der Waals surface area contributed by atoms with E-state index in [1.165, 1.54) is 0 Å². The van der Waals surface area contributed by atoms with Gasteiger partial charge in [-0.15, -0.1) is 0 Å². The molecule has 4 aromatic rings. The zero-order chi connectivity index (χ0) is 17.4. The molecule has 2 aromatic carbocycles. The molecule has 2 heterocycles. The number of nitrogens with two attached hydrogens (primary N) is 1. The van der Waals surface area contributed by atoms with Crippen LogP contribution in [0.25, 0.3) is 16.9 Å². The van der Waals surface area contributed by atoms with E-state index < -0.39 is 0 Å². The Hall–Kier alpha value is -2.93. The van der Waals surface area contributed by atoms with Gasteiger partial charge in [0, 0.05) is 16.6 Å². The fourth-order valence-corrected chi connectivity index (χ4v) is 3.05. The minimum absolute atomic E-state index is 0.0739. The topological polar surface area (TPSA) is 89.6 Å². The molecule has 0 atom stereocenters. The molecule has 0 amide bonds. The van der Waals surface area contributed by atoms with Crippen LogP contribution in [0.4, 0.5) is 5.95 Å². The van der Waals surface area contributed by atoms with E-state index in [0.717, 1.165) is 21.5 Å². The Kier molecular flexibility index (Phi) is 3.85. The maximum absolute atomic E-state index is 12.2. The van der Waals surface area contributed by atoms with Crippen LogP contribution in [0.1, 0.15) is 11.4 Å². The van der Waals surface area contributed by atoms with Gasteiger partial charge in [-0.2, -0.15) is 4.98 Å². The van der Waals surface area contributed by atoms with Gasteiger partial charge in [0.1, 0.15) is 5.82 Å². The number of hydrogen-bond acceptors (Lipinski definition) is 4. The molecule has 3 N–H and O–H groups in total. The van der Waals surface area contributed by atoms with Crippen molar-refractivity contribution in [1.82, 2.24) is 19.5 Å². The lowest BCUT2D eigenvalue weighted by Crippen LogP contribution is -2.12. The summed E-state index contributed by atoms with van der Waals surface area (Å²) in [5.74, 6) is 0.803. The van der Waals surface area contributed by atoms with Crippen LogP contribution in [0.5, 0.6) is 0 Å². The van der Waals surface area contributed by atoms with Crippen molar-refractivity contribution < 1.29 is 0 Å². The fourth-order valence-electron chi connectivity index (χ4n) is 2.78. The molecule has 0 saturated heterocycles. The number of H-pyrrole nitrogens is 1. The van der Waals surface area contributed by atoms with Crippen molar-refractivity contribution in [2.45, 2.75) is 6.42 Å². The van der Waals surface area contributed by atoms with Crippen molar-refractivity contribution in [3.05, 3.63) is 80.8 Å². The van der Waals surface area contributed by atoms with Crippen LogP contribution < -0.4 is 11.3 Å². The predicted molar refractivity (Wildman–Crippen MR) is 101 cm³/mol. The van der Waals surface area contributed by atoms with E-state index in [4.69, 9.17) is 5.73 Å². The largest absolute Gasteiger partial charge is 0.369 e. The van der Waals surface area contributed by atoms with E-state index in [2.05, 4.69) is 30.9 Å². The minimum atomic E-state index is -0.339. The first-order chi connectivity index (χ1) is 12.1. The Morgan fingerprint density at radius 3 is 2.48 bits per heavy atom. The summed E-state index contributed by atoms with van der Waals surface area (Å²) in [6, 6.07) is 17.7. The van der Waals surface area contributed by atoms with Gasteiger partial charge in [-0.1, -0.05) is 46.3 Å². The lowest BCUT2D eigenvalue weighted by atomic mass is 10.1. The molecule has 0 bridgehead atoms. The molecule has 2 aromatic heterocycles. The molecular weight excluding hydrogens is 382 g/mol. The lowest BCUT2D eigenvalue weighted by Gasteiger charge is -2.09. The first-order valence-electron chi connectivity index (χ1n) is 7.69. The molecule has 0 spiro atoms. The molecule has 0 aliphatic heterocycles. The number of fused-ring (bicyclic) bond motifs is 1. The van der Waals surface area contributed by atoms with Crippen molar-refractivity contribution in [2.24, 2.45) is 0 Å². The molecule has 0 aliphatic rings. The molecular formula is C18H14BrN5O. The van der Waals surface area contributed by atoms with Crippen LogP contribution in [0, 0.1) is 0 Å². The molecule has 0 aliphatic carbocycles. The summed E-state index contributed by atoms with van der Waals surface area (Å²) in [5, 5.41) is 0. The van der Waals surface area contributed by atoms with Crippen LogP contribution in [-0.4, -0.2) is 19.5 Å². The number of nitrogens with one attached hydrogen (secondary N) is 1. The molecule has 0 fully saturated rings. The Morgan fingerprint density at radius 1 is 1.04 bits per heavy atom. The van der Waals surface area contributed by atoms with Crippen molar-refractivity contribution >= 4 is 33.0 Å². The first-order valence-corrected chi connectivity index (χ1v) is 8.48. The average molecular weight is 396 g/mol. The van der Waals surface area contributed by atoms with Crippen LogP contribution in [0.2, 0.25) is 0 Å². The van der Waals surface area contributed by atoms with Gasteiger partial charge in [0.25, 0.3) is 5.56 Å². The smallest absolute Gasteiger partial charge is 0.280 e. The highest BCUT2D eigenvalue weighted by Gasteiger charge is 2.17. The third kappa shape index (κ3) is 2.94. The lowest BCUT2D eigenvalue weighted by molar-refractivity contribution is 0.924. The maximum Gasteiger partial charge on any atom is 0.280 e. The van der Waals surface area contributed by atoms with Gasteiger partial charge in [0.2, 0.25) is 5.95 Å². The van der Waals surface area contributed by atoms with Crippen molar-refractivity contribution in [3.63, 3.8) is 0 Å². The highest BCUT2D eigenvalue weighted by Crippen LogP contribution is 2.21. The van der Waals surface area contributed by atoms with E-state index in [1.54, 1.807) is 0 Å². The minimum Gasteiger partial charge on any atom is -0.369 e. The number of anilines is 1. The van der Waals surface area contributed by atoms with Gasteiger partial charge in [-0.3, -0.25) is 14.3 Å². The van der Waals surface area contributed by atoms with Crippen molar-refractivity contribution in [1.29, 1.82) is 0 Å². The molecule has 4 rings (SSSR count). The summed E-state index contributed by atoms with van der Waals surface area (Å²) in [5.41, 5.74) is 8.11. The van der Waals surface area contributed by atoms with Gasteiger partial charge in [0.05, 0.1) is 0 Å². The highest BCUT2D eigenvalue weighted by molar-refractivity contribution is 9.10. The third-order valence-corrected chi connectivity index (χ3v) is 4.42. The van der Waals surface area contributed by atoms with Crippen LogP contribution in [-0.2, 0) is 6.42 Å². The third-order valence-electron chi connectivity index (χ3n) is 3.90. The van der Waals surface area contributed by atoms with E-state index >= 15 is 0 Å². The van der Waals surface area contributed by atoms with Gasteiger partial charge < -0.3 is 5.73 Å². The number of benzene rings is 2. The Labute approximate surface area is 151 Å². The summed E-state index contributed by atoms with van der Waals surface area (Å²) in [6.07, 6.45) is 0.567. The standard InChI is InChI=1S/C18H14BrN5O/c19-12-8-6-11(7-9-12)10-14-21-15-16(22-18(20)23-17(15)25)24(14)13-4-2-1-3-5-13/h1-9H,10H2,(H3,20,22,23,25). The molecule has 6 nitrogen and oxygen atoms in total. The fraction of sp³-hybridized carbons (Fsp3) is 0.0556. The summed E-state index contributed by atoms with van der Waals surface area (Å²) >= 11 is 3.44. The van der Waals surface area contributed by atoms with Gasteiger partial charge >= 0.3 is 0 Å². The van der Waals surface area contributed by atoms with Crippen LogP contribution >= 0.6 is 15.9 Å². The number of halogens is 1. The number of imidazole rings is 1. The monoisotopic (exact) mass is 395 g/mol. The van der Waals surface area contributed by atoms with E-state index in [0.29, 0.717) is 12.1 Å². The van der Waals surface area contributed by atoms with Gasteiger partial charge in [0.15, 0.2) is 11.2 Å². The number of aromatic nitrogens is 4. The Bertz CT molecular complexity index is 1100. The molecule has 124 valence electrons. The zero-order valence-corrected chi connectivity index (χ0v) is 14.7. The number of nitrogens with zero attached hydrogens (tertiary/aromatic N) is 3. The Balaban J connectivity index is 1.95. The quantitative estimate of drug-likeness (QED) is 0.557. The van der Waals surface area contributed by atoms with Crippen LogP contribution in [0.3, 0.4) is 0 Å². The average Bonchev–Trinajstić information content (AvgIpc) is 2.96. The number of para-hydroxylation sites is 1. The summed E-state index contributed by atoms with van der Waals surface area (Å²) in [4.78, 5) is 23.6. The number of aromatic amines is 1. The SMILES string of the molecule is Nc1nc2c(nc(Cc3ccc(Br)cc3)n2-c2ccccc2)c(=O)[nH]1. The maximum atomic E-state index is 12.2.